The summed E-state index contributed by atoms with van der Waals surface area (Å²) < 4.78 is 0. The Hall–Kier alpha value is -0.0300. The molecule has 122 valence electrons. The quantitative estimate of drug-likeness (QED) is 0.811. The lowest BCUT2D eigenvalue weighted by atomic mass is 10.0. The van der Waals surface area contributed by atoms with Crippen LogP contribution in [-0.2, 0) is 4.79 Å². The van der Waals surface area contributed by atoms with Crippen LogP contribution in [0.15, 0.2) is 0 Å². The number of hydrogen-bond acceptors (Lipinski definition) is 3. The maximum absolute atomic E-state index is 12.2. The van der Waals surface area contributed by atoms with Gasteiger partial charge in [-0.2, -0.15) is 0 Å². The average molecular weight is 328 g/mol. The molecule has 4 nitrogen and oxygen atoms in total. The molecule has 0 bridgehead atoms. The highest BCUT2D eigenvalue weighted by Gasteiger charge is 2.30. The van der Waals surface area contributed by atoms with Crippen molar-refractivity contribution in [3.05, 3.63) is 0 Å². The van der Waals surface area contributed by atoms with E-state index in [9.17, 15) is 4.79 Å². The Bertz CT molecular complexity index is 273. The third-order valence-corrected chi connectivity index (χ3v) is 4.19. The summed E-state index contributed by atoms with van der Waals surface area (Å²) in [5.74, 6) is 0.804. The van der Waals surface area contributed by atoms with Gasteiger partial charge in [-0.15, -0.1) is 24.8 Å². The van der Waals surface area contributed by atoms with Gasteiger partial charge in [0, 0.05) is 25.7 Å². The van der Waals surface area contributed by atoms with E-state index in [-0.39, 0.29) is 42.7 Å². The van der Waals surface area contributed by atoms with Crippen LogP contribution in [0.25, 0.3) is 0 Å². The highest BCUT2D eigenvalue weighted by Crippen LogP contribution is 2.20. The van der Waals surface area contributed by atoms with E-state index in [1.807, 2.05) is 18.7 Å². The Morgan fingerprint density at radius 3 is 2.30 bits per heavy atom. The number of nitrogens with zero attached hydrogens (tertiary/aromatic N) is 2. The number of rotatable bonds is 6. The fraction of sp³-hybridized carbons (Fsp3) is 0.929. The average Bonchev–Trinajstić information content (AvgIpc) is 2.82. The number of hydrogen-bond donors (Lipinski definition) is 1. The van der Waals surface area contributed by atoms with Crippen LogP contribution in [0.1, 0.15) is 34.1 Å². The smallest absolute Gasteiger partial charge is 0.226 e. The molecule has 0 spiro atoms. The van der Waals surface area contributed by atoms with E-state index < -0.39 is 0 Å². The number of carbonyl (C=O) groups is 1. The van der Waals surface area contributed by atoms with Crippen molar-refractivity contribution in [2.75, 3.05) is 32.7 Å². The SMILES string of the molecule is CCN(CC)CC1CCN(C(=O)C(C)C(C)N)C1.Cl.Cl. The molecule has 3 atom stereocenters. The van der Waals surface area contributed by atoms with Gasteiger partial charge in [0.2, 0.25) is 5.91 Å². The first-order chi connectivity index (χ1) is 8.49. The minimum absolute atomic E-state index is 0. The topological polar surface area (TPSA) is 49.6 Å². The molecule has 0 radical (unpaired) electrons. The largest absolute Gasteiger partial charge is 0.342 e. The molecule has 0 aromatic rings. The van der Waals surface area contributed by atoms with Crippen LogP contribution in [-0.4, -0.2) is 54.5 Å². The summed E-state index contributed by atoms with van der Waals surface area (Å²) >= 11 is 0. The zero-order valence-electron chi connectivity index (χ0n) is 13.2. The molecular formula is C14H31Cl2N3O. The molecule has 1 saturated heterocycles. The van der Waals surface area contributed by atoms with Crippen LogP contribution >= 0.6 is 24.8 Å². The number of nitrogens with two attached hydrogens (primary N) is 1. The Labute approximate surface area is 136 Å². The predicted octanol–water partition coefficient (Wildman–Crippen LogP) is 2.00. The van der Waals surface area contributed by atoms with Gasteiger partial charge in [-0.05, 0) is 32.4 Å². The first-order valence-corrected chi connectivity index (χ1v) is 7.26. The molecule has 0 aromatic heterocycles. The number of halogens is 2. The van der Waals surface area contributed by atoms with Crippen molar-refractivity contribution < 1.29 is 4.79 Å². The second-order valence-corrected chi connectivity index (χ2v) is 5.57. The fourth-order valence-electron chi connectivity index (χ4n) is 2.54. The molecule has 20 heavy (non-hydrogen) atoms. The van der Waals surface area contributed by atoms with Gasteiger partial charge in [-0.1, -0.05) is 20.8 Å². The van der Waals surface area contributed by atoms with Crippen molar-refractivity contribution in [1.29, 1.82) is 0 Å². The molecule has 1 amide bonds. The Morgan fingerprint density at radius 2 is 1.85 bits per heavy atom. The summed E-state index contributed by atoms with van der Waals surface area (Å²) in [7, 11) is 0. The Balaban J connectivity index is 0. The lowest BCUT2D eigenvalue weighted by molar-refractivity contribution is -0.134. The van der Waals surface area contributed by atoms with Crippen molar-refractivity contribution in [2.45, 2.75) is 40.2 Å². The van der Waals surface area contributed by atoms with E-state index >= 15 is 0 Å². The normalized spacial score (nSPS) is 21.1. The van der Waals surface area contributed by atoms with Gasteiger partial charge in [0.25, 0.3) is 0 Å². The predicted molar refractivity (Wildman–Crippen MR) is 89.8 cm³/mol. The summed E-state index contributed by atoms with van der Waals surface area (Å²) in [5, 5.41) is 0. The number of amides is 1. The molecule has 1 fully saturated rings. The second-order valence-electron chi connectivity index (χ2n) is 5.57. The van der Waals surface area contributed by atoms with Crippen LogP contribution in [0, 0.1) is 11.8 Å². The van der Waals surface area contributed by atoms with Gasteiger partial charge in [0.1, 0.15) is 0 Å². The van der Waals surface area contributed by atoms with E-state index in [1.54, 1.807) is 0 Å². The summed E-state index contributed by atoms with van der Waals surface area (Å²) in [5.41, 5.74) is 5.81. The summed E-state index contributed by atoms with van der Waals surface area (Å²) in [4.78, 5) is 16.6. The van der Waals surface area contributed by atoms with Crippen molar-refractivity contribution in [3.8, 4) is 0 Å². The minimum Gasteiger partial charge on any atom is -0.342 e. The zero-order chi connectivity index (χ0) is 13.7. The molecular weight excluding hydrogens is 297 g/mol. The summed E-state index contributed by atoms with van der Waals surface area (Å²) in [6.45, 7) is 13.3. The highest BCUT2D eigenvalue weighted by molar-refractivity contribution is 5.85. The lowest BCUT2D eigenvalue weighted by Crippen LogP contribution is -2.41. The van der Waals surface area contributed by atoms with E-state index in [2.05, 4.69) is 18.7 Å². The third-order valence-electron chi connectivity index (χ3n) is 4.19. The van der Waals surface area contributed by atoms with Crippen molar-refractivity contribution >= 4 is 30.7 Å². The molecule has 1 rings (SSSR count). The van der Waals surface area contributed by atoms with Crippen LogP contribution in [0.5, 0.6) is 0 Å². The number of likely N-dealkylation sites (tertiary alicyclic amines) is 1. The van der Waals surface area contributed by atoms with Crippen LogP contribution in [0.3, 0.4) is 0 Å². The molecule has 3 unspecified atom stereocenters. The van der Waals surface area contributed by atoms with Crippen LogP contribution in [0.2, 0.25) is 0 Å². The van der Waals surface area contributed by atoms with Crippen molar-refractivity contribution in [2.24, 2.45) is 17.6 Å². The molecule has 1 aliphatic rings. The first kappa shape index (κ1) is 22.3. The molecule has 6 heteroatoms. The van der Waals surface area contributed by atoms with Crippen molar-refractivity contribution in [3.63, 3.8) is 0 Å². The van der Waals surface area contributed by atoms with E-state index in [0.29, 0.717) is 5.92 Å². The van der Waals surface area contributed by atoms with Gasteiger partial charge >= 0.3 is 0 Å². The van der Waals surface area contributed by atoms with Crippen LogP contribution < -0.4 is 5.73 Å². The molecule has 1 aliphatic heterocycles. The second kappa shape index (κ2) is 10.7. The molecule has 0 aromatic carbocycles. The zero-order valence-corrected chi connectivity index (χ0v) is 14.8. The maximum atomic E-state index is 12.2. The van der Waals surface area contributed by atoms with E-state index in [0.717, 1.165) is 39.1 Å². The minimum atomic E-state index is -0.0581. The van der Waals surface area contributed by atoms with Gasteiger partial charge in [-0.3, -0.25) is 4.79 Å². The third kappa shape index (κ3) is 6.17. The fourth-order valence-corrected chi connectivity index (χ4v) is 2.54. The molecule has 0 saturated carbocycles. The van der Waals surface area contributed by atoms with Crippen molar-refractivity contribution in [1.82, 2.24) is 9.80 Å². The Morgan fingerprint density at radius 1 is 1.30 bits per heavy atom. The van der Waals surface area contributed by atoms with E-state index in [1.165, 1.54) is 0 Å². The summed E-state index contributed by atoms with van der Waals surface area (Å²) in [6, 6.07) is -0.0562. The molecule has 1 heterocycles. The maximum Gasteiger partial charge on any atom is 0.226 e. The van der Waals surface area contributed by atoms with Gasteiger partial charge in [0.15, 0.2) is 0 Å². The van der Waals surface area contributed by atoms with Crippen LogP contribution in [0.4, 0.5) is 0 Å². The standard InChI is InChI=1S/C14H29N3O.2ClH/c1-5-16(6-2)9-13-7-8-17(10-13)14(18)11(3)12(4)15;;/h11-13H,5-10,15H2,1-4H3;2*1H. The molecule has 2 N–H and O–H groups in total. The van der Waals surface area contributed by atoms with Gasteiger partial charge in [-0.25, -0.2) is 0 Å². The summed E-state index contributed by atoms with van der Waals surface area (Å²) in [6.07, 6.45) is 1.13. The number of carbonyl (C=O) groups excluding carboxylic acids is 1. The van der Waals surface area contributed by atoms with E-state index in [4.69, 9.17) is 5.73 Å². The first-order valence-electron chi connectivity index (χ1n) is 7.26. The van der Waals surface area contributed by atoms with Gasteiger partial charge < -0.3 is 15.5 Å². The Kier molecular flexibility index (Phi) is 11.9. The lowest BCUT2D eigenvalue weighted by Gasteiger charge is -2.25. The molecule has 0 aliphatic carbocycles. The highest BCUT2D eigenvalue weighted by atomic mass is 35.5. The van der Waals surface area contributed by atoms with Gasteiger partial charge in [0.05, 0.1) is 5.92 Å². The monoisotopic (exact) mass is 327 g/mol.